The molecule has 2 atom stereocenters. The standard InChI is InChI=1S/C29H38N6O6S/c1-28(2,3)35(7)42(38,39)20-11-9-19(10-12-20)33-25(31)24-21(14-15-32-26(24)36)34-22(16-30)18-8-13-23(40-17-18)27(37)41-29(4,5)6/h9-12,14-15,18,23H,8,13,17H2,1-7H3,(H2,31,33)(H,32,36)/t18-,23-/m0/s1. The predicted octanol–water partition coefficient (Wildman–Crippen LogP) is 3.56. The van der Waals surface area contributed by atoms with Gasteiger partial charge >= 0.3 is 5.97 Å². The lowest BCUT2D eigenvalue weighted by molar-refractivity contribution is -0.172. The number of amidine groups is 1. The fourth-order valence-corrected chi connectivity index (χ4v) is 5.59. The first-order valence-corrected chi connectivity index (χ1v) is 14.9. The van der Waals surface area contributed by atoms with Gasteiger partial charge in [0.05, 0.1) is 22.9 Å². The van der Waals surface area contributed by atoms with Crippen LogP contribution in [0.2, 0.25) is 0 Å². The number of benzene rings is 1. The molecular formula is C29H38N6O6S. The topological polar surface area (TPSA) is 180 Å². The Kier molecular flexibility index (Phi) is 9.77. The smallest absolute Gasteiger partial charge is 0.335 e. The fourth-order valence-electron chi connectivity index (χ4n) is 4.07. The SMILES string of the molecule is CN(C(C)(C)C)S(=O)(=O)c1ccc(N=C(N)c2c(N=C(C#N)[C@H]3CC[C@@H](C(=O)OC(C)(C)C)OC3)cc[nH]c2=O)cc1. The van der Waals surface area contributed by atoms with Crippen LogP contribution in [0.3, 0.4) is 0 Å². The second-order valence-electron chi connectivity index (χ2n) is 11.9. The number of ether oxygens (including phenoxy) is 2. The van der Waals surface area contributed by atoms with E-state index in [2.05, 4.69) is 21.0 Å². The van der Waals surface area contributed by atoms with Crippen LogP contribution in [-0.4, -0.2) is 66.1 Å². The first kappa shape index (κ1) is 32.7. The summed E-state index contributed by atoms with van der Waals surface area (Å²) >= 11 is 0. The molecule has 226 valence electrons. The van der Waals surface area contributed by atoms with Gasteiger partial charge in [-0.05, 0) is 84.7 Å². The van der Waals surface area contributed by atoms with Crippen LogP contribution in [0.4, 0.5) is 11.4 Å². The summed E-state index contributed by atoms with van der Waals surface area (Å²) in [5.41, 5.74) is 4.94. The number of aliphatic imine (C=N–C) groups is 2. The number of pyridine rings is 1. The Hall–Kier alpha value is -3.86. The Morgan fingerprint density at radius 2 is 1.76 bits per heavy atom. The Morgan fingerprint density at radius 1 is 1.12 bits per heavy atom. The maximum Gasteiger partial charge on any atom is 0.335 e. The molecule has 0 aliphatic carbocycles. The van der Waals surface area contributed by atoms with Gasteiger partial charge in [0.15, 0.2) is 6.10 Å². The molecule has 1 aromatic heterocycles. The van der Waals surface area contributed by atoms with Crippen molar-refractivity contribution in [3.8, 4) is 6.07 Å². The molecule has 3 rings (SSSR count). The first-order valence-electron chi connectivity index (χ1n) is 13.4. The number of hydrogen-bond donors (Lipinski definition) is 2. The summed E-state index contributed by atoms with van der Waals surface area (Å²) in [6.45, 7) is 10.8. The number of aromatic amines is 1. The molecule has 0 amide bonds. The second-order valence-corrected chi connectivity index (χ2v) is 13.9. The molecule has 0 radical (unpaired) electrons. The van der Waals surface area contributed by atoms with E-state index in [0.29, 0.717) is 18.5 Å². The number of nitriles is 1. The van der Waals surface area contributed by atoms with Gasteiger partial charge in [0, 0.05) is 24.7 Å². The van der Waals surface area contributed by atoms with E-state index in [1.165, 1.54) is 47.9 Å². The summed E-state index contributed by atoms with van der Waals surface area (Å²) in [5, 5.41) is 9.85. The number of carbonyl (C=O) groups is 1. The second kappa shape index (κ2) is 12.6. The van der Waals surface area contributed by atoms with Crippen LogP contribution in [0.1, 0.15) is 59.9 Å². The summed E-state index contributed by atoms with van der Waals surface area (Å²) in [4.78, 5) is 36.5. The molecule has 42 heavy (non-hydrogen) atoms. The van der Waals surface area contributed by atoms with Gasteiger partial charge < -0.3 is 20.2 Å². The van der Waals surface area contributed by atoms with Crippen molar-refractivity contribution in [2.24, 2.45) is 21.6 Å². The Labute approximate surface area is 246 Å². The average molecular weight is 599 g/mol. The molecule has 1 aromatic carbocycles. The van der Waals surface area contributed by atoms with Crippen molar-refractivity contribution in [2.45, 2.75) is 76.5 Å². The average Bonchev–Trinajstić information content (AvgIpc) is 2.90. The highest BCUT2D eigenvalue weighted by Crippen LogP contribution is 2.27. The third-order valence-corrected chi connectivity index (χ3v) is 8.71. The molecule has 1 fully saturated rings. The molecular weight excluding hydrogens is 560 g/mol. The molecule has 0 unspecified atom stereocenters. The molecule has 0 bridgehead atoms. The van der Waals surface area contributed by atoms with Gasteiger partial charge in [0.1, 0.15) is 28.8 Å². The number of nitrogens with zero attached hydrogens (tertiary/aromatic N) is 4. The minimum Gasteiger partial charge on any atom is -0.458 e. The van der Waals surface area contributed by atoms with Crippen molar-refractivity contribution >= 4 is 38.9 Å². The van der Waals surface area contributed by atoms with Crippen molar-refractivity contribution in [2.75, 3.05) is 13.7 Å². The zero-order valence-electron chi connectivity index (χ0n) is 25.0. The van der Waals surface area contributed by atoms with Gasteiger partial charge in [-0.25, -0.2) is 23.2 Å². The lowest BCUT2D eigenvalue weighted by atomic mass is 9.94. The number of carbonyl (C=O) groups excluding carboxylic acids is 1. The fraction of sp³-hybridized carbons (Fsp3) is 0.483. The van der Waals surface area contributed by atoms with Gasteiger partial charge in [-0.3, -0.25) is 4.79 Å². The third-order valence-electron chi connectivity index (χ3n) is 6.57. The van der Waals surface area contributed by atoms with E-state index < -0.39 is 44.7 Å². The van der Waals surface area contributed by atoms with Crippen molar-refractivity contribution in [3.05, 3.63) is 52.4 Å². The van der Waals surface area contributed by atoms with Crippen LogP contribution in [0.25, 0.3) is 0 Å². The lowest BCUT2D eigenvalue weighted by Gasteiger charge is -2.30. The maximum absolute atomic E-state index is 12.9. The van der Waals surface area contributed by atoms with Gasteiger partial charge in [-0.15, -0.1) is 0 Å². The summed E-state index contributed by atoms with van der Waals surface area (Å²) < 4.78 is 38.2. The molecule has 2 aromatic rings. The number of aromatic nitrogens is 1. The number of H-pyrrole nitrogens is 1. The summed E-state index contributed by atoms with van der Waals surface area (Å²) in [7, 11) is -2.23. The quantitative estimate of drug-likeness (QED) is 0.276. The molecule has 0 saturated carbocycles. The Bertz CT molecular complexity index is 1570. The van der Waals surface area contributed by atoms with E-state index in [1.54, 1.807) is 41.5 Å². The van der Waals surface area contributed by atoms with Gasteiger partial charge in [0.25, 0.3) is 5.56 Å². The van der Waals surface area contributed by atoms with E-state index in [9.17, 15) is 23.3 Å². The van der Waals surface area contributed by atoms with E-state index in [-0.39, 0.29) is 34.3 Å². The summed E-state index contributed by atoms with van der Waals surface area (Å²) in [6, 6.07) is 9.38. The monoisotopic (exact) mass is 598 g/mol. The minimum atomic E-state index is -3.74. The van der Waals surface area contributed by atoms with E-state index in [1.807, 2.05) is 0 Å². The van der Waals surface area contributed by atoms with Crippen LogP contribution in [0.15, 0.2) is 56.2 Å². The zero-order valence-corrected chi connectivity index (χ0v) is 25.8. The minimum absolute atomic E-state index is 0.0437. The van der Waals surface area contributed by atoms with Gasteiger partial charge in [-0.1, -0.05) is 0 Å². The van der Waals surface area contributed by atoms with Crippen molar-refractivity contribution in [1.29, 1.82) is 5.26 Å². The number of nitrogens with two attached hydrogens (primary N) is 1. The number of hydrogen-bond acceptors (Lipinski definition) is 9. The molecule has 2 heterocycles. The van der Waals surface area contributed by atoms with Crippen molar-refractivity contribution < 1.29 is 22.7 Å². The molecule has 1 aliphatic rings. The van der Waals surface area contributed by atoms with Crippen LogP contribution in [-0.2, 0) is 24.3 Å². The maximum atomic E-state index is 12.9. The van der Waals surface area contributed by atoms with Crippen molar-refractivity contribution in [3.63, 3.8) is 0 Å². The molecule has 12 nitrogen and oxygen atoms in total. The molecule has 13 heteroatoms. The van der Waals surface area contributed by atoms with Gasteiger partial charge in [-0.2, -0.15) is 9.57 Å². The summed E-state index contributed by atoms with van der Waals surface area (Å²) in [6.07, 6.45) is 1.46. The van der Waals surface area contributed by atoms with Crippen LogP contribution < -0.4 is 11.3 Å². The number of sulfonamides is 1. The highest BCUT2D eigenvalue weighted by atomic mass is 32.2. The van der Waals surface area contributed by atoms with Crippen LogP contribution in [0.5, 0.6) is 0 Å². The van der Waals surface area contributed by atoms with Crippen LogP contribution in [0, 0.1) is 17.2 Å². The van der Waals surface area contributed by atoms with E-state index in [0.717, 1.165) is 0 Å². The first-order chi connectivity index (χ1) is 19.4. The Morgan fingerprint density at radius 3 is 2.29 bits per heavy atom. The molecule has 1 aliphatic heterocycles. The van der Waals surface area contributed by atoms with Crippen molar-refractivity contribution in [1.82, 2.24) is 9.29 Å². The number of nitrogens with one attached hydrogen (secondary N) is 1. The Balaban J connectivity index is 1.85. The third kappa shape index (κ3) is 7.90. The summed E-state index contributed by atoms with van der Waals surface area (Å²) in [5.74, 6) is -1.02. The number of esters is 1. The zero-order chi connectivity index (χ0) is 31.5. The van der Waals surface area contributed by atoms with E-state index >= 15 is 0 Å². The van der Waals surface area contributed by atoms with Gasteiger partial charge in [0.2, 0.25) is 10.0 Å². The molecule has 0 spiro atoms. The molecule has 3 N–H and O–H groups in total. The predicted molar refractivity (Wildman–Crippen MR) is 160 cm³/mol. The largest absolute Gasteiger partial charge is 0.458 e. The highest BCUT2D eigenvalue weighted by Gasteiger charge is 2.33. The number of rotatable bonds is 7. The highest BCUT2D eigenvalue weighted by molar-refractivity contribution is 7.89. The normalized spacial score (nSPS) is 18.9. The van der Waals surface area contributed by atoms with E-state index in [4.69, 9.17) is 15.2 Å². The lowest BCUT2D eigenvalue weighted by Crippen LogP contribution is -2.42. The van der Waals surface area contributed by atoms with Crippen LogP contribution >= 0.6 is 0 Å². The molecule has 1 saturated heterocycles.